The molecule has 0 aliphatic carbocycles. The minimum absolute atomic E-state index is 0.0656. The van der Waals surface area contributed by atoms with Crippen molar-refractivity contribution in [3.63, 3.8) is 0 Å². The third-order valence-corrected chi connectivity index (χ3v) is 8.67. The number of nitrogens with zero attached hydrogens (tertiary/aromatic N) is 3. The van der Waals surface area contributed by atoms with E-state index >= 15 is 0 Å². The highest BCUT2D eigenvalue weighted by Crippen LogP contribution is 2.46. The molecule has 0 aromatic carbocycles. The van der Waals surface area contributed by atoms with Gasteiger partial charge in [0.1, 0.15) is 0 Å². The second-order valence-corrected chi connectivity index (χ2v) is 15.4. The van der Waals surface area contributed by atoms with Gasteiger partial charge in [-0.15, -0.1) is 0 Å². The number of hydrogen-bond acceptors (Lipinski definition) is 6. The van der Waals surface area contributed by atoms with Gasteiger partial charge < -0.3 is 15.7 Å². The Bertz CT molecular complexity index is 634. The van der Waals surface area contributed by atoms with E-state index in [0.717, 1.165) is 38.5 Å². The van der Waals surface area contributed by atoms with E-state index in [0.29, 0.717) is 18.1 Å². The number of rotatable bonds is 3. The highest BCUT2D eigenvalue weighted by molar-refractivity contribution is 5.09. The summed E-state index contributed by atoms with van der Waals surface area (Å²) in [4.78, 5) is 2.87. The summed E-state index contributed by atoms with van der Waals surface area (Å²) in [6.45, 7) is 26.8. The largest absolute Gasteiger partial charge is 0.313 e. The van der Waals surface area contributed by atoms with Crippen LogP contribution in [0.5, 0.6) is 0 Å². The molecule has 0 aromatic heterocycles. The van der Waals surface area contributed by atoms with Gasteiger partial charge in [-0.1, -0.05) is 0 Å². The first kappa shape index (κ1) is 27.3. The molecule has 3 saturated heterocycles. The summed E-state index contributed by atoms with van der Waals surface area (Å²) < 4.78 is 0. The van der Waals surface area contributed by atoms with Gasteiger partial charge in [0.25, 0.3) is 0 Å². The zero-order valence-electron chi connectivity index (χ0n) is 23.7. The van der Waals surface area contributed by atoms with Gasteiger partial charge in [-0.25, -0.2) is 0 Å². The fourth-order valence-corrected chi connectivity index (χ4v) is 8.23. The first-order chi connectivity index (χ1) is 14.6. The van der Waals surface area contributed by atoms with Crippen LogP contribution in [0.3, 0.4) is 0 Å². The number of hydrogen-bond donors (Lipinski definition) is 3. The number of hydroxylamine groups is 4. The third-order valence-electron chi connectivity index (χ3n) is 8.67. The highest BCUT2D eigenvalue weighted by atomic mass is 16.5. The van der Waals surface area contributed by atoms with Gasteiger partial charge in [0, 0.05) is 51.4 Å². The summed E-state index contributed by atoms with van der Waals surface area (Å²) in [5.74, 6) is 0. The van der Waals surface area contributed by atoms with Crippen molar-refractivity contribution in [1.82, 2.24) is 20.3 Å². The summed E-state index contributed by atoms with van der Waals surface area (Å²) in [6.07, 6.45) is 5.99. The first-order valence-electron chi connectivity index (χ1n) is 13.1. The molecule has 0 atom stereocenters. The van der Waals surface area contributed by atoms with E-state index in [1.54, 1.807) is 10.1 Å². The van der Waals surface area contributed by atoms with E-state index in [2.05, 4.69) is 93.3 Å². The molecule has 0 saturated carbocycles. The minimum Gasteiger partial charge on any atom is -0.313 e. The molecule has 3 aliphatic rings. The predicted molar refractivity (Wildman–Crippen MR) is 136 cm³/mol. The Kier molecular flexibility index (Phi) is 6.75. The van der Waals surface area contributed by atoms with Gasteiger partial charge in [-0.2, -0.15) is 10.1 Å². The molecule has 0 amide bonds. The lowest BCUT2D eigenvalue weighted by Crippen LogP contribution is -2.71. The van der Waals surface area contributed by atoms with Crippen molar-refractivity contribution in [2.45, 2.75) is 173 Å². The Hall–Kier alpha value is -0.240. The highest BCUT2D eigenvalue weighted by Gasteiger charge is 2.54. The van der Waals surface area contributed by atoms with E-state index in [-0.39, 0.29) is 33.2 Å². The zero-order valence-corrected chi connectivity index (χ0v) is 23.7. The van der Waals surface area contributed by atoms with Crippen molar-refractivity contribution >= 4 is 0 Å². The Morgan fingerprint density at radius 1 is 0.515 bits per heavy atom. The Labute approximate surface area is 204 Å². The molecule has 3 rings (SSSR count). The molecule has 3 N–H and O–H groups in total. The quantitative estimate of drug-likeness (QED) is 0.516. The molecule has 3 fully saturated rings. The molecule has 0 radical (unpaired) electrons. The first-order valence-corrected chi connectivity index (χ1v) is 13.1. The summed E-state index contributed by atoms with van der Waals surface area (Å²) in [6, 6.07) is 1.23. The molecule has 6 heteroatoms. The van der Waals surface area contributed by atoms with Crippen LogP contribution in [-0.2, 0) is 0 Å². The van der Waals surface area contributed by atoms with Crippen molar-refractivity contribution in [2.75, 3.05) is 0 Å². The van der Waals surface area contributed by atoms with Gasteiger partial charge in [-0.05, 0) is 122 Å². The van der Waals surface area contributed by atoms with Crippen molar-refractivity contribution in [2.24, 2.45) is 0 Å². The maximum absolute atomic E-state index is 11.0. The fraction of sp³-hybridized carbons (Fsp3) is 1.00. The van der Waals surface area contributed by atoms with Crippen LogP contribution in [0.4, 0.5) is 0 Å². The van der Waals surface area contributed by atoms with Crippen LogP contribution in [0.2, 0.25) is 0 Å². The molecular formula is C27H54N4O2. The van der Waals surface area contributed by atoms with Crippen LogP contribution in [0.15, 0.2) is 0 Å². The Morgan fingerprint density at radius 3 is 1.03 bits per heavy atom. The summed E-state index contributed by atoms with van der Waals surface area (Å²) in [5, 5.41) is 29.1. The van der Waals surface area contributed by atoms with E-state index in [4.69, 9.17) is 0 Å². The molecule has 3 aliphatic heterocycles. The van der Waals surface area contributed by atoms with Crippen LogP contribution in [-0.4, -0.2) is 76.8 Å². The van der Waals surface area contributed by atoms with Gasteiger partial charge in [0.05, 0.1) is 0 Å². The molecule has 194 valence electrons. The molecule has 0 bridgehead atoms. The van der Waals surface area contributed by atoms with Crippen LogP contribution < -0.4 is 5.32 Å². The molecule has 0 spiro atoms. The average molecular weight is 467 g/mol. The monoisotopic (exact) mass is 466 g/mol. The summed E-state index contributed by atoms with van der Waals surface area (Å²) in [7, 11) is 0. The van der Waals surface area contributed by atoms with E-state index in [1.807, 2.05) is 0 Å². The number of nitrogens with one attached hydrogen (secondary N) is 1. The third kappa shape index (κ3) is 5.46. The maximum Gasteiger partial charge on any atom is 0.0425 e. The average Bonchev–Trinajstić information content (AvgIpc) is 2.54. The van der Waals surface area contributed by atoms with Gasteiger partial charge >= 0.3 is 0 Å². The predicted octanol–water partition coefficient (Wildman–Crippen LogP) is 5.42. The topological polar surface area (TPSA) is 62.2 Å². The van der Waals surface area contributed by atoms with Crippen molar-refractivity contribution < 1.29 is 10.4 Å². The molecule has 0 unspecified atom stereocenters. The Morgan fingerprint density at radius 2 is 0.758 bits per heavy atom. The summed E-state index contributed by atoms with van der Waals surface area (Å²) >= 11 is 0. The maximum atomic E-state index is 11.0. The standard InChI is InChI=1S/C27H54N4O2/c1-22(2)13-19(14-23(3,4)28-22)29(20-15-24(5,6)30(32)25(7,8)16-20)21-17-26(9,10)31(33)27(11,12)18-21/h19-21,28,32-33H,13-18H2,1-12H3. The lowest BCUT2D eigenvalue weighted by atomic mass is 9.71. The van der Waals surface area contributed by atoms with Gasteiger partial charge in [-0.3, -0.25) is 4.90 Å². The van der Waals surface area contributed by atoms with Crippen LogP contribution >= 0.6 is 0 Å². The molecule has 6 nitrogen and oxygen atoms in total. The molecular weight excluding hydrogens is 412 g/mol. The van der Waals surface area contributed by atoms with Crippen molar-refractivity contribution in [3.8, 4) is 0 Å². The molecule has 3 heterocycles. The van der Waals surface area contributed by atoms with E-state index in [1.165, 1.54) is 0 Å². The van der Waals surface area contributed by atoms with Crippen molar-refractivity contribution in [3.05, 3.63) is 0 Å². The lowest BCUT2D eigenvalue weighted by molar-refractivity contribution is -0.270. The SMILES string of the molecule is CC1(C)CC(N(C2CC(C)(C)N(O)C(C)(C)C2)C2CC(C)(C)N(O)C(C)(C)C2)CC(C)(C)N1. The van der Waals surface area contributed by atoms with Gasteiger partial charge in [0.2, 0.25) is 0 Å². The van der Waals surface area contributed by atoms with Crippen LogP contribution in [0.1, 0.15) is 122 Å². The lowest BCUT2D eigenvalue weighted by Gasteiger charge is -2.61. The van der Waals surface area contributed by atoms with Gasteiger partial charge in [0.15, 0.2) is 0 Å². The van der Waals surface area contributed by atoms with Crippen LogP contribution in [0, 0.1) is 0 Å². The number of piperidine rings is 3. The molecule has 0 aromatic rings. The zero-order chi connectivity index (χ0) is 25.4. The smallest absolute Gasteiger partial charge is 0.0425 e. The van der Waals surface area contributed by atoms with E-state index in [9.17, 15) is 10.4 Å². The van der Waals surface area contributed by atoms with Crippen LogP contribution in [0.25, 0.3) is 0 Å². The normalized spacial score (nSPS) is 32.8. The van der Waals surface area contributed by atoms with E-state index < -0.39 is 0 Å². The Balaban J connectivity index is 2.06. The fourth-order valence-electron chi connectivity index (χ4n) is 8.23. The second kappa shape index (κ2) is 8.14. The van der Waals surface area contributed by atoms with Crippen molar-refractivity contribution in [1.29, 1.82) is 0 Å². The summed E-state index contributed by atoms with van der Waals surface area (Å²) in [5.41, 5.74) is -1.01. The second-order valence-electron chi connectivity index (χ2n) is 15.4. The molecule has 33 heavy (non-hydrogen) atoms. The minimum atomic E-state index is -0.286.